The van der Waals surface area contributed by atoms with E-state index in [1.165, 1.54) is 38.1 Å². The summed E-state index contributed by atoms with van der Waals surface area (Å²) in [5.41, 5.74) is 8.01. The quantitative estimate of drug-likeness (QED) is 0.611. The molecular weight excluding hydrogens is 407 g/mol. The molecule has 2 aromatic heterocycles. The van der Waals surface area contributed by atoms with Crippen LogP contribution in [-0.2, 0) is 0 Å². The Hall–Kier alpha value is -3.33. The van der Waals surface area contributed by atoms with E-state index in [0.29, 0.717) is 17.7 Å². The number of aromatic nitrogens is 4. The van der Waals surface area contributed by atoms with Crippen LogP contribution < -0.4 is 16.0 Å². The van der Waals surface area contributed by atoms with E-state index in [4.69, 9.17) is 5.73 Å². The molecule has 0 radical (unpaired) electrons. The van der Waals surface area contributed by atoms with E-state index in [-0.39, 0.29) is 17.7 Å². The third-order valence-electron chi connectivity index (χ3n) is 6.37. The van der Waals surface area contributed by atoms with Gasteiger partial charge in [0, 0.05) is 43.0 Å². The van der Waals surface area contributed by atoms with Crippen LogP contribution in [0.15, 0.2) is 42.9 Å². The van der Waals surface area contributed by atoms with Crippen LogP contribution in [0.3, 0.4) is 0 Å². The van der Waals surface area contributed by atoms with E-state index in [2.05, 4.69) is 42.0 Å². The molecule has 2 aliphatic rings. The molecule has 1 unspecified atom stereocenters. The second-order valence-electron chi connectivity index (χ2n) is 8.46. The zero-order chi connectivity index (χ0) is 22.1. The first kappa shape index (κ1) is 20.6. The molecule has 1 aromatic carbocycles. The third-order valence-corrected chi connectivity index (χ3v) is 6.37. The van der Waals surface area contributed by atoms with Crippen molar-refractivity contribution in [1.29, 1.82) is 0 Å². The molecule has 0 bridgehead atoms. The largest absolute Gasteiger partial charge is 0.368 e. The molecule has 3 aromatic rings. The van der Waals surface area contributed by atoms with E-state index in [0.717, 1.165) is 30.0 Å². The second kappa shape index (κ2) is 8.66. The Morgan fingerprint density at radius 2 is 1.84 bits per heavy atom. The summed E-state index contributed by atoms with van der Waals surface area (Å²) < 4.78 is 13.6. The van der Waals surface area contributed by atoms with Crippen molar-refractivity contribution >= 4 is 23.4 Å². The van der Waals surface area contributed by atoms with Crippen LogP contribution >= 0.6 is 0 Å². The molecule has 1 atom stereocenters. The molecule has 166 valence electrons. The van der Waals surface area contributed by atoms with E-state index in [9.17, 15) is 4.39 Å². The minimum absolute atomic E-state index is 0.0868. The van der Waals surface area contributed by atoms with Gasteiger partial charge >= 0.3 is 0 Å². The Morgan fingerprint density at radius 3 is 2.53 bits per heavy atom. The SMILES string of the molecule is CC(c1ccc(F)cc1)c1c(Nc2cnccn2)nc(N)nc1N1CC(N2CCCC2)C1. The summed E-state index contributed by atoms with van der Waals surface area (Å²) in [7, 11) is 0. The molecule has 8 nitrogen and oxygen atoms in total. The van der Waals surface area contributed by atoms with E-state index in [1.54, 1.807) is 30.7 Å². The minimum atomic E-state index is -0.260. The number of anilines is 4. The van der Waals surface area contributed by atoms with Crippen molar-refractivity contribution in [2.75, 3.05) is 42.1 Å². The predicted molar refractivity (Wildman–Crippen MR) is 122 cm³/mol. The number of halogens is 1. The zero-order valence-corrected chi connectivity index (χ0v) is 18.1. The van der Waals surface area contributed by atoms with Gasteiger partial charge in [-0.15, -0.1) is 0 Å². The molecular formula is C23H27FN8. The summed E-state index contributed by atoms with van der Waals surface area (Å²) in [6.07, 6.45) is 7.42. The lowest BCUT2D eigenvalue weighted by Gasteiger charge is -2.45. The number of hydrogen-bond donors (Lipinski definition) is 2. The first-order chi connectivity index (χ1) is 15.6. The maximum Gasteiger partial charge on any atom is 0.223 e. The monoisotopic (exact) mass is 434 g/mol. The maximum absolute atomic E-state index is 13.6. The molecule has 9 heteroatoms. The third kappa shape index (κ3) is 4.08. The summed E-state index contributed by atoms with van der Waals surface area (Å²) >= 11 is 0. The number of nitrogens with two attached hydrogens (primary N) is 1. The standard InChI is InChI=1S/C23H27FN8/c1-15(16-4-6-17(24)7-5-16)20-21(28-19-12-26-8-9-27-19)29-23(25)30-22(20)32-13-18(14-32)31-10-2-3-11-31/h4-9,12,15,18H,2-3,10-11,13-14H2,1H3,(H3,25,27,28,29,30). The highest BCUT2D eigenvalue weighted by Gasteiger charge is 2.36. The number of benzene rings is 1. The van der Waals surface area contributed by atoms with Crippen LogP contribution in [0.5, 0.6) is 0 Å². The molecule has 2 saturated heterocycles. The van der Waals surface area contributed by atoms with Gasteiger partial charge in [-0.1, -0.05) is 19.1 Å². The van der Waals surface area contributed by atoms with Crippen LogP contribution in [0, 0.1) is 5.82 Å². The number of nitrogens with zero attached hydrogens (tertiary/aromatic N) is 6. The van der Waals surface area contributed by atoms with Gasteiger partial charge in [0.15, 0.2) is 0 Å². The summed E-state index contributed by atoms with van der Waals surface area (Å²) in [6.45, 7) is 6.23. The van der Waals surface area contributed by atoms with Gasteiger partial charge in [-0.25, -0.2) is 9.37 Å². The number of likely N-dealkylation sites (tertiary alicyclic amines) is 1. The molecule has 5 rings (SSSR count). The van der Waals surface area contributed by atoms with Gasteiger partial charge in [0.2, 0.25) is 5.95 Å². The fourth-order valence-corrected chi connectivity index (χ4v) is 4.58. The lowest BCUT2D eigenvalue weighted by atomic mass is 9.92. The van der Waals surface area contributed by atoms with Gasteiger partial charge in [-0.3, -0.25) is 9.88 Å². The second-order valence-corrected chi connectivity index (χ2v) is 8.46. The van der Waals surface area contributed by atoms with E-state index >= 15 is 0 Å². The van der Waals surface area contributed by atoms with Crippen molar-refractivity contribution < 1.29 is 4.39 Å². The maximum atomic E-state index is 13.6. The van der Waals surface area contributed by atoms with Crippen molar-refractivity contribution in [3.05, 3.63) is 59.8 Å². The number of nitrogen functional groups attached to an aromatic ring is 1. The molecule has 32 heavy (non-hydrogen) atoms. The Labute approximate surface area is 186 Å². The van der Waals surface area contributed by atoms with Crippen LogP contribution in [0.25, 0.3) is 0 Å². The Bertz CT molecular complexity index is 1060. The summed E-state index contributed by atoms with van der Waals surface area (Å²) in [4.78, 5) is 22.4. The van der Waals surface area contributed by atoms with Crippen molar-refractivity contribution in [2.45, 2.75) is 31.7 Å². The summed E-state index contributed by atoms with van der Waals surface area (Å²) in [5, 5.41) is 3.27. The normalized spacial score (nSPS) is 17.9. The number of rotatable bonds is 6. The van der Waals surface area contributed by atoms with Gasteiger partial charge in [0.05, 0.1) is 6.20 Å². The molecule has 2 fully saturated rings. The Morgan fingerprint density at radius 1 is 1.09 bits per heavy atom. The van der Waals surface area contributed by atoms with Crippen molar-refractivity contribution in [3.8, 4) is 0 Å². The topological polar surface area (TPSA) is 96.1 Å². The average molecular weight is 435 g/mol. The van der Waals surface area contributed by atoms with Gasteiger partial charge < -0.3 is 16.0 Å². The highest BCUT2D eigenvalue weighted by Crippen LogP contribution is 2.39. The molecule has 0 amide bonds. The average Bonchev–Trinajstić information content (AvgIpc) is 3.28. The highest BCUT2D eigenvalue weighted by atomic mass is 19.1. The summed E-state index contributed by atoms with van der Waals surface area (Å²) in [6, 6.07) is 7.10. The van der Waals surface area contributed by atoms with E-state index in [1.807, 2.05) is 0 Å². The van der Waals surface area contributed by atoms with Gasteiger partial charge in [0.25, 0.3) is 0 Å². The first-order valence-electron chi connectivity index (χ1n) is 11.0. The zero-order valence-electron chi connectivity index (χ0n) is 18.1. The van der Waals surface area contributed by atoms with Crippen LogP contribution in [0.4, 0.5) is 27.8 Å². The van der Waals surface area contributed by atoms with Crippen LogP contribution in [0.2, 0.25) is 0 Å². The number of hydrogen-bond acceptors (Lipinski definition) is 8. The van der Waals surface area contributed by atoms with Gasteiger partial charge in [-0.2, -0.15) is 9.97 Å². The highest BCUT2D eigenvalue weighted by molar-refractivity contribution is 5.69. The molecule has 0 saturated carbocycles. The van der Waals surface area contributed by atoms with Crippen LogP contribution in [0.1, 0.15) is 36.8 Å². The van der Waals surface area contributed by atoms with Crippen LogP contribution in [-0.4, -0.2) is 57.1 Å². The fourth-order valence-electron chi connectivity index (χ4n) is 4.58. The fraction of sp³-hybridized carbons (Fsp3) is 0.391. The van der Waals surface area contributed by atoms with E-state index < -0.39 is 0 Å². The van der Waals surface area contributed by atoms with Crippen molar-refractivity contribution in [1.82, 2.24) is 24.8 Å². The van der Waals surface area contributed by atoms with Gasteiger partial charge in [-0.05, 0) is 43.6 Å². The predicted octanol–water partition coefficient (Wildman–Crippen LogP) is 3.17. The molecule has 0 spiro atoms. The van der Waals surface area contributed by atoms with Crippen molar-refractivity contribution in [3.63, 3.8) is 0 Å². The minimum Gasteiger partial charge on any atom is -0.368 e. The Kier molecular flexibility index (Phi) is 5.57. The Balaban J connectivity index is 1.52. The molecule has 0 aliphatic carbocycles. The first-order valence-corrected chi connectivity index (χ1v) is 11.0. The van der Waals surface area contributed by atoms with Gasteiger partial charge in [0.1, 0.15) is 23.3 Å². The smallest absolute Gasteiger partial charge is 0.223 e. The lowest BCUT2D eigenvalue weighted by molar-refractivity contribution is 0.204. The summed E-state index contributed by atoms with van der Waals surface area (Å²) in [5.74, 6) is 1.83. The molecule has 4 heterocycles. The lowest BCUT2D eigenvalue weighted by Crippen LogP contribution is -2.59. The molecule has 2 aliphatic heterocycles. The number of nitrogens with one attached hydrogen (secondary N) is 1. The molecule has 3 N–H and O–H groups in total. The van der Waals surface area contributed by atoms with Crippen molar-refractivity contribution in [2.24, 2.45) is 0 Å².